The summed E-state index contributed by atoms with van der Waals surface area (Å²) in [4.78, 5) is 4.45. The van der Waals surface area contributed by atoms with Crippen LogP contribution in [0.3, 0.4) is 0 Å². The van der Waals surface area contributed by atoms with E-state index >= 15 is 0 Å². The molecule has 0 amide bonds. The van der Waals surface area contributed by atoms with E-state index in [9.17, 15) is 0 Å². The molecule has 0 radical (unpaired) electrons. The molecule has 2 N–H and O–H groups in total. The van der Waals surface area contributed by atoms with Crippen LogP contribution in [-0.2, 0) is 0 Å². The topological polar surface area (TPSA) is 50.1 Å². The van der Waals surface area contributed by atoms with Crippen molar-refractivity contribution in [2.24, 2.45) is 0 Å². The average Bonchev–Trinajstić information content (AvgIpc) is 2.98. The van der Waals surface area contributed by atoms with Gasteiger partial charge in [-0.25, -0.2) is 0 Å². The molecule has 0 saturated heterocycles. The molecule has 0 aliphatic carbocycles. The second kappa shape index (κ2) is 5.85. The minimum atomic E-state index is 0.489. The molecule has 0 unspecified atom stereocenters. The average molecular weight is 301 g/mol. The van der Waals surface area contributed by atoms with E-state index in [1.54, 1.807) is 0 Å². The van der Waals surface area contributed by atoms with Crippen molar-refractivity contribution >= 4 is 34.2 Å². The second-order valence-corrected chi connectivity index (χ2v) is 5.18. The van der Waals surface area contributed by atoms with Crippen molar-refractivity contribution in [3.8, 4) is 0 Å². The number of anilines is 4. The van der Waals surface area contributed by atoms with Crippen LogP contribution in [0.2, 0.25) is 0 Å². The SMILES string of the molecule is c1ccc(Nc2ccc3nc(Nc4ccccc4)oc3c2)cc1. The highest BCUT2D eigenvalue weighted by molar-refractivity contribution is 5.80. The van der Waals surface area contributed by atoms with E-state index in [1.807, 2.05) is 78.9 Å². The lowest BCUT2D eigenvalue weighted by molar-refractivity contribution is 0.623. The van der Waals surface area contributed by atoms with E-state index in [1.165, 1.54) is 0 Å². The lowest BCUT2D eigenvalue weighted by Crippen LogP contribution is -1.88. The summed E-state index contributed by atoms with van der Waals surface area (Å²) in [5, 5.41) is 6.51. The van der Waals surface area contributed by atoms with Gasteiger partial charge in [0.05, 0.1) is 0 Å². The van der Waals surface area contributed by atoms with Gasteiger partial charge < -0.3 is 15.1 Å². The monoisotopic (exact) mass is 301 g/mol. The van der Waals surface area contributed by atoms with E-state index in [0.717, 1.165) is 28.2 Å². The molecule has 0 spiro atoms. The van der Waals surface area contributed by atoms with Gasteiger partial charge in [-0.15, -0.1) is 0 Å². The predicted molar refractivity (Wildman–Crippen MR) is 93.5 cm³/mol. The number of para-hydroxylation sites is 2. The summed E-state index contributed by atoms with van der Waals surface area (Å²) in [6.45, 7) is 0. The molecule has 4 aromatic rings. The molecule has 0 bridgehead atoms. The Kier molecular flexibility index (Phi) is 3.41. The number of nitrogens with zero attached hydrogens (tertiary/aromatic N) is 1. The Hall–Kier alpha value is -3.27. The van der Waals surface area contributed by atoms with Crippen molar-refractivity contribution in [2.75, 3.05) is 10.6 Å². The van der Waals surface area contributed by atoms with Crippen LogP contribution in [0.25, 0.3) is 11.1 Å². The Morgan fingerprint density at radius 3 is 2.00 bits per heavy atom. The van der Waals surface area contributed by atoms with Crippen molar-refractivity contribution in [1.82, 2.24) is 4.98 Å². The van der Waals surface area contributed by atoms with Gasteiger partial charge in [0.15, 0.2) is 5.58 Å². The first-order valence-electron chi connectivity index (χ1n) is 7.41. The van der Waals surface area contributed by atoms with Crippen LogP contribution in [0.15, 0.2) is 83.3 Å². The first-order valence-corrected chi connectivity index (χ1v) is 7.41. The second-order valence-electron chi connectivity index (χ2n) is 5.18. The predicted octanol–water partition coefficient (Wildman–Crippen LogP) is 5.32. The summed E-state index contributed by atoms with van der Waals surface area (Å²) in [6, 6.07) is 26.2. The van der Waals surface area contributed by atoms with Crippen molar-refractivity contribution in [3.63, 3.8) is 0 Å². The standard InChI is InChI=1S/C19H15N3O/c1-3-7-14(8-4-1)20-16-11-12-17-18(13-16)23-19(22-17)21-15-9-5-2-6-10-15/h1-13,20H,(H,21,22). The maximum absolute atomic E-state index is 5.79. The maximum atomic E-state index is 5.79. The molecule has 4 nitrogen and oxygen atoms in total. The summed E-state index contributed by atoms with van der Waals surface area (Å²) in [5.41, 5.74) is 4.51. The minimum Gasteiger partial charge on any atom is -0.423 e. The number of fused-ring (bicyclic) bond motifs is 1. The Morgan fingerprint density at radius 1 is 0.652 bits per heavy atom. The summed E-state index contributed by atoms with van der Waals surface area (Å²) in [7, 11) is 0. The van der Waals surface area contributed by atoms with Gasteiger partial charge in [0.2, 0.25) is 0 Å². The molecule has 0 fully saturated rings. The summed E-state index contributed by atoms with van der Waals surface area (Å²) >= 11 is 0. The number of oxazole rings is 1. The van der Waals surface area contributed by atoms with Gasteiger partial charge >= 0.3 is 0 Å². The van der Waals surface area contributed by atoms with Gasteiger partial charge in [-0.3, -0.25) is 0 Å². The van der Waals surface area contributed by atoms with Crippen LogP contribution in [0.5, 0.6) is 0 Å². The zero-order valence-electron chi connectivity index (χ0n) is 12.4. The number of benzene rings is 3. The van der Waals surface area contributed by atoms with E-state index in [4.69, 9.17) is 4.42 Å². The minimum absolute atomic E-state index is 0.489. The molecule has 0 atom stereocenters. The smallest absolute Gasteiger partial charge is 0.300 e. The van der Waals surface area contributed by atoms with E-state index in [2.05, 4.69) is 15.6 Å². The molecule has 3 aromatic carbocycles. The Balaban J connectivity index is 1.59. The van der Waals surface area contributed by atoms with Crippen LogP contribution < -0.4 is 10.6 Å². The molecule has 23 heavy (non-hydrogen) atoms. The first kappa shape index (κ1) is 13.4. The third kappa shape index (κ3) is 3.01. The molecule has 112 valence electrons. The van der Waals surface area contributed by atoms with Crippen molar-refractivity contribution in [2.45, 2.75) is 0 Å². The normalized spacial score (nSPS) is 10.6. The van der Waals surface area contributed by atoms with Gasteiger partial charge in [0, 0.05) is 23.1 Å². The fraction of sp³-hybridized carbons (Fsp3) is 0. The highest BCUT2D eigenvalue weighted by atomic mass is 16.4. The van der Waals surface area contributed by atoms with E-state index in [-0.39, 0.29) is 0 Å². The van der Waals surface area contributed by atoms with E-state index < -0.39 is 0 Å². The highest BCUT2D eigenvalue weighted by Crippen LogP contribution is 2.26. The number of nitrogens with one attached hydrogen (secondary N) is 2. The van der Waals surface area contributed by atoms with Crippen LogP contribution in [0, 0.1) is 0 Å². The van der Waals surface area contributed by atoms with Gasteiger partial charge in [-0.1, -0.05) is 36.4 Å². The van der Waals surface area contributed by atoms with Gasteiger partial charge in [-0.05, 0) is 36.4 Å². The number of aromatic nitrogens is 1. The number of hydrogen-bond donors (Lipinski definition) is 2. The number of rotatable bonds is 4. The van der Waals surface area contributed by atoms with Gasteiger partial charge in [-0.2, -0.15) is 4.98 Å². The fourth-order valence-electron chi connectivity index (χ4n) is 2.39. The molecule has 4 heteroatoms. The van der Waals surface area contributed by atoms with Gasteiger partial charge in [0.1, 0.15) is 5.52 Å². The Morgan fingerprint density at radius 2 is 1.30 bits per heavy atom. The van der Waals surface area contributed by atoms with Crippen molar-refractivity contribution < 1.29 is 4.42 Å². The summed E-state index contributed by atoms with van der Waals surface area (Å²) < 4.78 is 5.79. The van der Waals surface area contributed by atoms with Crippen LogP contribution in [0.1, 0.15) is 0 Å². The molecular formula is C19H15N3O. The summed E-state index contributed by atoms with van der Waals surface area (Å²) in [5.74, 6) is 0. The molecule has 1 aromatic heterocycles. The van der Waals surface area contributed by atoms with Crippen LogP contribution in [0.4, 0.5) is 23.1 Å². The first-order chi connectivity index (χ1) is 11.4. The quantitative estimate of drug-likeness (QED) is 0.536. The Labute approximate surface area is 133 Å². The zero-order chi connectivity index (χ0) is 15.5. The fourth-order valence-corrected chi connectivity index (χ4v) is 2.39. The molecule has 1 heterocycles. The van der Waals surface area contributed by atoms with Crippen LogP contribution in [-0.4, -0.2) is 4.98 Å². The molecular weight excluding hydrogens is 286 g/mol. The van der Waals surface area contributed by atoms with E-state index in [0.29, 0.717) is 6.01 Å². The third-order valence-electron chi connectivity index (χ3n) is 3.48. The molecule has 4 rings (SSSR count). The lowest BCUT2D eigenvalue weighted by atomic mass is 10.2. The maximum Gasteiger partial charge on any atom is 0.300 e. The Bertz CT molecular complexity index is 878. The highest BCUT2D eigenvalue weighted by Gasteiger charge is 2.07. The van der Waals surface area contributed by atoms with Crippen LogP contribution >= 0.6 is 0 Å². The van der Waals surface area contributed by atoms with Crippen molar-refractivity contribution in [1.29, 1.82) is 0 Å². The molecule has 0 aliphatic rings. The van der Waals surface area contributed by atoms with Gasteiger partial charge in [0.25, 0.3) is 6.01 Å². The lowest BCUT2D eigenvalue weighted by Gasteiger charge is -2.05. The largest absolute Gasteiger partial charge is 0.423 e. The number of hydrogen-bond acceptors (Lipinski definition) is 4. The third-order valence-corrected chi connectivity index (χ3v) is 3.48. The molecule has 0 aliphatic heterocycles. The zero-order valence-corrected chi connectivity index (χ0v) is 12.4. The molecule has 0 saturated carbocycles. The summed E-state index contributed by atoms with van der Waals surface area (Å²) in [6.07, 6.45) is 0. The van der Waals surface area contributed by atoms with Crippen molar-refractivity contribution in [3.05, 3.63) is 78.9 Å².